The fourth-order valence-corrected chi connectivity index (χ4v) is 2.89. The second-order valence-electron chi connectivity index (χ2n) is 5.06. The number of carboxylic acids is 1. The van der Waals surface area contributed by atoms with E-state index in [1.807, 2.05) is 12.3 Å². The van der Waals surface area contributed by atoms with Gasteiger partial charge in [-0.2, -0.15) is 0 Å². The molecule has 1 atom stereocenters. The number of hydrogen-bond acceptors (Lipinski definition) is 4. The van der Waals surface area contributed by atoms with Crippen molar-refractivity contribution in [2.45, 2.75) is 38.8 Å². The van der Waals surface area contributed by atoms with E-state index in [0.29, 0.717) is 13.0 Å². The molecular weight excluding hydrogens is 303 g/mol. The molecule has 0 saturated heterocycles. The fraction of sp³-hybridized carbons (Fsp3) is 0.375. The van der Waals surface area contributed by atoms with Crippen molar-refractivity contribution in [1.82, 2.24) is 10.3 Å². The van der Waals surface area contributed by atoms with Crippen molar-refractivity contribution in [3.63, 3.8) is 0 Å². The highest BCUT2D eigenvalue weighted by Crippen LogP contribution is 2.23. The van der Waals surface area contributed by atoms with Gasteiger partial charge in [-0.25, -0.2) is 9.37 Å². The van der Waals surface area contributed by atoms with Crippen LogP contribution in [0.15, 0.2) is 29.6 Å². The van der Waals surface area contributed by atoms with Crippen molar-refractivity contribution in [1.29, 1.82) is 0 Å². The van der Waals surface area contributed by atoms with E-state index in [0.717, 1.165) is 29.1 Å². The average molecular weight is 322 g/mol. The summed E-state index contributed by atoms with van der Waals surface area (Å²) in [5.74, 6) is -1.11. The van der Waals surface area contributed by atoms with E-state index >= 15 is 0 Å². The molecular formula is C16H19FN2O2S. The summed E-state index contributed by atoms with van der Waals surface area (Å²) < 4.78 is 12.9. The molecule has 1 aromatic carbocycles. The van der Waals surface area contributed by atoms with Crippen LogP contribution < -0.4 is 5.32 Å². The quantitative estimate of drug-likeness (QED) is 0.778. The molecule has 0 amide bonds. The first-order valence-electron chi connectivity index (χ1n) is 7.26. The molecule has 0 aliphatic rings. The molecule has 0 aliphatic carbocycles. The third-order valence-electron chi connectivity index (χ3n) is 3.32. The molecule has 0 spiro atoms. The second kappa shape index (κ2) is 8.00. The molecule has 22 heavy (non-hydrogen) atoms. The van der Waals surface area contributed by atoms with E-state index in [4.69, 9.17) is 0 Å². The number of aliphatic carboxylic acids is 1. The van der Waals surface area contributed by atoms with Gasteiger partial charge >= 0.3 is 5.97 Å². The summed E-state index contributed by atoms with van der Waals surface area (Å²) in [6.07, 6.45) is 2.46. The molecule has 6 heteroatoms. The molecule has 0 saturated carbocycles. The lowest BCUT2D eigenvalue weighted by molar-refractivity contribution is -0.139. The number of carboxylic acid groups (broad SMARTS) is 1. The first kappa shape index (κ1) is 16.6. The maximum Gasteiger partial charge on any atom is 0.320 e. The number of nitrogens with zero attached hydrogens (tertiary/aromatic N) is 1. The van der Waals surface area contributed by atoms with Gasteiger partial charge in [-0.1, -0.05) is 19.8 Å². The molecule has 2 aromatic rings. The first-order chi connectivity index (χ1) is 10.6. The van der Waals surface area contributed by atoms with E-state index in [1.165, 1.54) is 23.5 Å². The summed E-state index contributed by atoms with van der Waals surface area (Å²) in [6, 6.07) is 5.63. The Labute approximate surface area is 133 Å². The van der Waals surface area contributed by atoms with Crippen LogP contribution in [0.1, 0.15) is 31.9 Å². The zero-order chi connectivity index (χ0) is 15.9. The van der Waals surface area contributed by atoms with Crippen molar-refractivity contribution in [3.05, 3.63) is 41.2 Å². The van der Waals surface area contributed by atoms with Gasteiger partial charge in [-0.3, -0.25) is 10.1 Å². The Morgan fingerprint density at radius 1 is 1.41 bits per heavy atom. The Morgan fingerprint density at radius 2 is 2.14 bits per heavy atom. The van der Waals surface area contributed by atoms with Crippen LogP contribution in [-0.2, 0) is 11.3 Å². The lowest BCUT2D eigenvalue weighted by Crippen LogP contribution is -2.36. The van der Waals surface area contributed by atoms with Gasteiger partial charge in [-0.05, 0) is 30.7 Å². The van der Waals surface area contributed by atoms with Gasteiger partial charge in [-0.15, -0.1) is 11.3 Å². The standard InChI is InChI=1S/C16H19FN2O2S/c1-2-3-4-14(16(20)21)18-9-13-10-22-15(19-13)11-5-7-12(17)8-6-11/h5-8,10,14,18H,2-4,9H2,1H3,(H,20,21). The van der Waals surface area contributed by atoms with Gasteiger partial charge in [0, 0.05) is 17.5 Å². The van der Waals surface area contributed by atoms with Crippen molar-refractivity contribution in [2.75, 3.05) is 0 Å². The van der Waals surface area contributed by atoms with Crippen LogP contribution in [0.25, 0.3) is 10.6 Å². The molecule has 2 rings (SSSR count). The number of aromatic nitrogens is 1. The van der Waals surface area contributed by atoms with E-state index in [-0.39, 0.29) is 5.82 Å². The summed E-state index contributed by atoms with van der Waals surface area (Å²) in [6.45, 7) is 2.45. The predicted molar refractivity (Wildman–Crippen MR) is 85.3 cm³/mol. The van der Waals surface area contributed by atoms with Gasteiger partial charge in [0.1, 0.15) is 16.9 Å². The minimum atomic E-state index is -0.831. The zero-order valence-corrected chi connectivity index (χ0v) is 13.2. The minimum Gasteiger partial charge on any atom is -0.480 e. The number of rotatable bonds is 8. The summed E-state index contributed by atoms with van der Waals surface area (Å²) >= 11 is 1.47. The van der Waals surface area contributed by atoms with Crippen molar-refractivity contribution in [2.24, 2.45) is 0 Å². The van der Waals surface area contributed by atoms with Crippen molar-refractivity contribution >= 4 is 17.3 Å². The van der Waals surface area contributed by atoms with E-state index in [1.54, 1.807) is 12.1 Å². The zero-order valence-electron chi connectivity index (χ0n) is 12.4. The van der Waals surface area contributed by atoms with Crippen molar-refractivity contribution < 1.29 is 14.3 Å². The summed E-state index contributed by atoms with van der Waals surface area (Å²) in [5.41, 5.74) is 1.66. The van der Waals surface area contributed by atoms with Crippen LogP contribution in [0.3, 0.4) is 0 Å². The van der Waals surface area contributed by atoms with E-state index < -0.39 is 12.0 Å². The minimum absolute atomic E-state index is 0.276. The Kier molecular flexibility index (Phi) is 6.03. The number of hydrogen-bond donors (Lipinski definition) is 2. The van der Waals surface area contributed by atoms with Crippen LogP contribution >= 0.6 is 11.3 Å². The monoisotopic (exact) mass is 322 g/mol. The number of nitrogens with one attached hydrogen (secondary N) is 1. The normalized spacial score (nSPS) is 12.3. The molecule has 118 valence electrons. The van der Waals surface area contributed by atoms with Gasteiger partial charge in [0.05, 0.1) is 5.69 Å². The SMILES string of the molecule is CCCCC(NCc1csc(-c2ccc(F)cc2)n1)C(=O)O. The van der Waals surface area contributed by atoms with Crippen LogP contribution in [0, 0.1) is 5.82 Å². The maximum absolute atomic E-state index is 12.9. The summed E-state index contributed by atoms with van der Waals surface area (Å²) in [4.78, 5) is 15.6. The van der Waals surface area contributed by atoms with Gasteiger partial charge in [0.25, 0.3) is 0 Å². The topological polar surface area (TPSA) is 62.2 Å². The Bertz CT molecular complexity index is 613. The third kappa shape index (κ3) is 4.61. The maximum atomic E-state index is 12.9. The number of carbonyl (C=O) groups is 1. The molecule has 1 unspecified atom stereocenters. The predicted octanol–water partition coefficient (Wildman–Crippen LogP) is 3.68. The number of benzene rings is 1. The Morgan fingerprint density at radius 3 is 2.77 bits per heavy atom. The second-order valence-corrected chi connectivity index (χ2v) is 5.92. The highest BCUT2D eigenvalue weighted by Gasteiger charge is 2.16. The number of thiazole rings is 1. The van der Waals surface area contributed by atoms with E-state index in [2.05, 4.69) is 10.3 Å². The first-order valence-corrected chi connectivity index (χ1v) is 8.14. The molecule has 1 heterocycles. The van der Waals surface area contributed by atoms with Crippen LogP contribution in [-0.4, -0.2) is 22.1 Å². The molecule has 0 fully saturated rings. The molecule has 0 bridgehead atoms. The molecule has 0 aliphatic heterocycles. The van der Waals surface area contributed by atoms with Crippen LogP contribution in [0.4, 0.5) is 4.39 Å². The summed E-state index contributed by atoms with van der Waals surface area (Å²) in [5, 5.41) is 14.9. The highest BCUT2D eigenvalue weighted by molar-refractivity contribution is 7.13. The van der Waals surface area contributed by atoms with E-state index in [9.17, 15) is 14.3 Å². The largest absolute Gasteiger partial charge is 0.480 e. The number of halogens is 1. The van der Waals surface area contributed by atoms with Gasteiger partial charge < -0.3 is 5.11 Å². The lowest BCUT2D eigenvalue weighted by Gasteiger charge is -2.12. The average Bonchev–Trinajstić information content (AvgIpc) is 2.96. The summed E-state index contributed by atoms with van der Waals surface area (Å²) in [7, 11) is 0. The van der Waals surface area contributed by atoms with Gasteiger partial charge in [0.15, 0.2) is 0 Å². The number of unbranched alkanes of at least 4 members (excludes halogenated alkanes) is 1. The van der Waals surface area contributed by atoms with Crippen molar-refractivity contribution in [3.8, 4) is 10.6 Å². The van der Waals surface area contributed by atoms with Gasteiger partial charge in [0.2, 0.25) is 0 Å². The molecule has 1 aromatic heterocycles. The third-order valence-corrected chi connectivity index (χ3v) is 4.26. The molecule has 0 radical (unpaired) electrons. The van der Waals surface area contributed by atoms with Crippen LogP contribution in [0.5, 0.6) is 0 Å². The smallest absolute Gasteiger partial charge is 0.320 e. The Balaban J connectivity index is 1.96. The Hall–Kier alpha value is -1.79. The molecule has 2 N–H and O–H groups in total. The van der Waals surface area contributed by atoms with Crippen LogP contribution in [0.2, 0.25) is 0 Å². The lowest BCUT2D eigenvalue weighted by atomic mass is 10.1. The fourth-order valence-electron chi connectivity index (χ4n) is 2.06. The highest BCUT2D eigenvalue weighted by atomic mass is 32.1. The molecule has 4 nitrogen and oxygen atoms in total.